The van der Waals surface area contributed by atoms with Crippen LogP contribution < -0.4 is 0 Å². The van der Waals surface area contributed by atoms with E-state index >= 15 is 0 Å². The molecule has 0 aliphatic rings. The molecule has 2 aromatic carbocycles. The van der Waals surface area contributed by atoms with Crippen LogP contribution in [0.15, 0.2) is 46.9 Å². The zero-order valence-electron chi connectivity index (χ0n) is 10.7. The molecule has 0 bridgehead atoms. The van der Waals surface area contributed by atoms with Gasteiger partial charge in [-0.3, -0.25) is 4.79 Å². The van der Waals surface area contributed by atoms with E-state index in [1.165, 1.54) is 0 Å². The maximum absolute atomic E-state index is 12.3. The molecule has 20 heavy (non-hydrogen) atoms. The average molecular weight is 373 g/mol. The van der Waals surface area contributed by atoms with Crippen molar-refractivity contribution in [2.45, 2.75) is 6.54 Å². The van der Waals surface area contributed by atoms with Gasteiger partial charge >= 0.3 is 0 Å². The molecule has 2 nitrogen and oxygen atoms in total. The van der Waals surface area contributed by atoms with E-state index < -0.39 is 0 Å². The number of rotatable bonds is 3. The van der Waals surface area contributed by atoms with Crippen LogP contribution in [0.5, 0.6) is 0 Å². The summed E-state index contributed by atoms with van der Waals surface area (Å²) in [6.45, 7) is 0.524. The molecule has 0 unspecified atom stereocenters. The molecular formula is C15H12BrCl2NO. The number of amides is 1. The van der Waals surface area contributed by atoms with Gasteiger partial charge in [0.15, 0.2) is 0 Å². The van der Waals surface area contributed by atoms with Crippen molar-refractivity contribution in [1.82, 2.24) is 4.90 Å². The van der Waals surface area contributed by atoms with Gasteiger partial charge < -0.3 is 4.90 Å². The third-order valence-electron chi connectivity index (χ3n) is 2.79. The van der Waals surface area contributed by atoms with Crippen LogP contribution in [0.2, 0.25) is 10.0 Å². The van der Waals surface area contributed by atoms with Crippen molar-refractivity contribution in [3.8, 4) is 0 Å². The van der Waals surface area contributed by atoms with E-state index in [9.17, 15) is 4.79 Å². The molecule has 0 saturated heterocycles. The summed E-state index contributed by atoms with van der Waals surface area (Å²) < 4.78 is 1.01. The number of nitrogens with zero attached hydrogens (tertiary/aromatic N) is 1. The number of hydrogen-bond donors (Lipinski definition) is 0. The molecule has 0 spiro atoms. The highest BCUT2D eigenvalue weighted by Gasteiger charge is 2.13. The molecule has 0 radical (unpaired) electrons. The van der Waals surface area contributed by atoms with Gasteiger partial charge in [0.2, 0.25) is 0 Å². The van der Waals surface area contributed by atoms with Crippen molar-refractivity contribution in [3.05, 3.63) is 68.1 Å². The molecule has 0 aliphatic heterocycles. The fourth-order valence-corrected chi connectivity index (χ4v) is 2.62. The van der Waals surface area contributed by atoms with Gasteiger partial charge in [-0.2, -0.15) is 0 Å². The Morgan fingerprint density at radius 1 is 1.10 bits per heavy atom. The lowest BCUT2D eigenvalue weighted by molar-refractivity contribution is 0.0785. The first-order valence-corrected chi connectivity index (χ1v) is 7.46. The normalized spacial score (nSPS) is 10.4. The second kappa shape index (κ2) is 6.61. The first kappa shape index (κ1) is 15.4. The molecule has 1 amide bonds. The Hall–Kier alpha value is -1.03. The van der Waals surface area contributed by atoms with E-state index in [-0.39, 0.29) is 5.91 Å². The molecule has 0 N–H and O–H groups in total. The molecule has 0 aliphatic carbocycles. The van der Waals surface area contributed by atoms with Crippen molar-refractivity contribution < 1.29 is 4.79 Å². The monoisotopic (exact) mass is 371 g/mol. The van der Waals surface area contributed by atoms with Crippen molar-refractivity contribution in [3.63, 3.8) is 0 Å². The van der Waals surface area contributed by atoms with Crippen LogP contribution in [0.4, 0.5) is 0 Å². The second-order valence-corrected chi connectivity index (χ2v) is 6.23. The van der Waals surface area contributed by atoms with Crippen molar-refractivity contribution in [2.24, 2.45) is 0 Å². The molecular weight excluding hydrogens is 361 g/mol. The molecule has 2 rings (SSSR count). The summed E-state index contributed by atoms with van der Waals surface area (Å²) in [7, 11) is 1.75. The third-order valence-corrected chi connectivity index (χ3v) is 3.75. The number of carbonyl (C=O) groups excluding carboxylic acids is 1. The highest BCUT2D eigenvalue weighted by atomic mass is 79.9. The Bertz CT molecular complexity index is 608. The largest absolute Gasteiger partial charge is 0.337 e. The van der Waals surface area contributed by atoms with Crippen LogP contribution in [-0.4, -0.2) is 17.9 Å². The maximum Gasteiger partial charge on any atom is 0.253 e. The molecule has 0 fully saturated rings. The minimum atomic E-state index is -0.114. The number of benzene rings is 2. The lowest BCUT2D eigenvalue weighted by Crippen LogP contribution is -2.26. The van der Waals surface area contributed by atoms with E-state index in [0.29, 0.717) is 22.2 Å². The van der Waals surface area contributed by atoms with E-state index in [1.807, 2.05) is 24.3 Å². The molecule has 0 aromatic heterocycles. The lowest BCUT2D eigenvalue weighted by Gasteiger charge is -2.17. The lowest BCUT2D eigenvalue weighted by atomic mass is 10.1. The number of halogens is 3. The van der Waals surface area contributed by atoms with Crippen LogP contribution in [-0.2, 0) is 6.54 Å². The molecule has 0 saturated carbocycles. The van der Waals surface area contributed by atoms with Gasteiger partial charge in [0.25, 0.3) is 5.91 Å². The van der Waals surface area contributed by atoms with Crippen LogP contribution in [0.25, 0.3) is 0 Å². The smallest absolute Gasteiger partial charge is 0.253 e. The van der Waals surface area contributed by atoms with E-state index in [0.717, 1.165) is 10.0 Å². The number of carbonyl (C=O) groups is 1. The fraction of sp³-hybridized carbons (Fsp3) is 0.133. The van der Waals surface area contributed by atoms with Gasteiger partial charge in [-0.25, -0.2) is 0 Å². The summed E-state index contributed by atoms with van der Waals surface area (Å²) in [5.74, 6) is -0.114. The summed E-state index contributed by atoms with van der Waals surface area (Å²) in [4.78, 5) is 13.9. The Morgan fingerprint density at radius 2 is 1.65 bits per heavy atom. The molecule has 0 heterocycles. The van der Waals surface area contributed by atoms with Crippen molar-refractivity contribution in [2.75, 3.05) is 7.05 Å². The quantitative estimate of drug-likeness (QED) is 0.739. The Labute approximate surface area is 136 Å². The highest BCUT2D eigenvalue weighted by molar-refractivity contribution is 9.10. The first-order valence-electron chi connectivity index (χ1n) is 5.92. The topological polar surface area (TPSA) is 20.3 Å². The zero-order valence-corrected chi connectivity index (χ0v) is 13.8. The summed E-state index contributed by atoms with van der Waals surface area (Å²) in [6.07, 6.45) is 0. The summed E-state index contributed by atoms with van der Waals surface area (Å²) in [5, 5.41) is 0.913. The highest BCUT2D eigenvalue weighted by Crippen LogP contribution is 2.20. The Kier molecular flexibility index (Phi) is 5.08. The summed E-state index contributed by atoms with van der Waals surface area (Å²) >= 11 is 15.2. The van der Waals surface area contributed by atoms with Gasteiger partial charge in [0, 0.05) is 33.7 Å². The number of hydrogen-bond acceptors (Lipinski definition) is 1. The maximum atomic E-state index is 12.3. The second-order valence-electron chi connectivity index (χ2n) is 4.45. The average Bonchev–Trinajstić information content (AvgIpc) is 2.39. The molecule has 2 aromatic rings. The van der Waals surface area contributed by atoms with Gasteiger partial charge in [0.1, 0.15) is 0 Å². The van der Waals surface area contributed by atoms with E-state index in [1.54, 1.807) is 30.1 Å². The minimum absolute atomic E-state index is 0.114. The van der Waals surface area contributed by atoms with Gasteiger partial charge in [-0.05, 0) is 35.9 Å². The SMILES string of the molecule is CN(Cc1ccc(Br)cc1)C(=O)c1cc(Cl)cc(Cl)c1. The third kappa shape index (κ3) is 3.98. The van der Waals surface area contributed by atoms with Crippen LogP contribution in [0, 0.1) is 0 Å². The summed E-state index contributed by atoms with van der Waals surface area (Å²) in [5.41, 5.74) is 1.54. The van der Waals surface area contributed by atoms with Crippen molar-refractivity contribution in [1.29, 1.82) is 0 Å². The van der Waals surface area contributed by atoms with Crippen LogP contribution in [0.1, 0.15) is 15.9 Å². The molecule has 0 atom stereocenters. The zero-order chi connectivity index (χ0) is 14.7. The standard InChI is InChI=1S/C15H12BrCl2NO/c1-19(9-10-2-4-12(16)5-3-10)15(20)11-6-13(17)8-14(18)7-11/h2-8H,9H2,1H3. The van der Waals surface area contributed by atoms with E-state index in [2.05, 4.69) is 15.9 Å². The van der Waals surface area contributed by atoms with Gasteiger partial charge in [-0.15, -0.1) is 0 Å². The Balaban J connectivity index is 2.14. The van der Waals surface area contributed by atoms with Gasteiger partial charge in [0.05, 0.1) is 0 Å². The van der Waals surface area contributed by atoms with Gasteiger partial charge in [-0.1, -0.05) is 51.3 Å². The van der Waals surface area contributed by atoms with Crippen LogP contribution >= 0.6 is 39.1 Å². The Morgan fingerprint density at radius 3 is 2.20 bits per heavy atom. The predicted octanol–water partition coefficient (Wildman–Crippen LogP) is 5.03. The van der Waals surface area contributed by atoms with Crippen molar-refractivity contribution >= 4 is 45.0 Å². The molecule has 5 heteroatoms. The minimum Gasteiger partial charge on any atom is -0.337 e. The van der Waals surface area contributed by atoms with E-state index in [4.69, 9.17) is 23.2 Å². The van der Waals surface area contributed by atoms with Crippen LogP contribution in [0.3, 0.4) is 0 Å². The molecule has 104 valence electrons. The predicted molar refractivity (Wildman–Crippen MR) is 86.4 cm³/mol. The first-order chi connectivity index (χ1) is 9.45. The fourth-order valence-electron chi connectivity index (χ4n) is 1.83. The summed E-state index contributed by atoms with van der Waals surface area (Å²) in [6, 6.07) is 12.7.